The first-order valence-electron chi connectivity index (χ1n) is 7.09. The predicted molar refractivity (Wildman–Crippen MR) is 84.6 cm³/mol. The highest BCUT2D eigenvalue weighted by molar-refractivity contribution is 5.91. The molecule has 2 rings (SSSR count). The lowest BCUT2D eigenvalue weighted by Gasteiger charge is -2.12. The van der Waals surface area contributed by atoms with Crippen molar-refractivity contribution in [3.8, 4) is 5.75 Å². The van der Waals surface area contributed by atoms with E-state index in [0.717, 1.165) is 0 Å². The van der Waals surface area contributed by atoms with Crippen LogP contribution in [-0.2, 0) is 4.79 Å². The van der Waals surface area contributed by atoms with E-state index in [2.05, 4.69) is 10.4 Å². The third-order valence-corrected chi connectivity index (χ3v) is 3.16. The van der Waals surface area contributed by atoms with Crippen molar-refractivity contribution < 1.29 is 14.5 Å². The summed E-state index contributed by atoms with van der Waals surface area (Å²) in [7, 11) is 0. The van der Waals surface area contributed by atoms with Crippen LogP contribution >= 0.6 is 0 Å². The number of carbonyl (C=O) groups is 1. The Balaban J connectivity index is 1.95. The summed E-state index contributed by atoms with van der Waals surface area (Å²) >= 11 is 0. The van der Waals surface area contributed by atoms with E-state index in [9.17, 15) is 14.9 Å². The molecule has 0 atom stereocenters. The van der Waals surface area contributed by atoms with Gasteiger partial charge in [-0.15, -0.1) is 0 Å². The molecule has 0 spiro atoms. The zero-order valence-electron chi connectivity index (χ0n) is 13.1. The normalized spacial score (nSPS) is 10.6. The second-order valence-electron chi connectivity index (χ2n) is 5.30. The SMILES string of the molecule is Cc1cc(OCC(=O)Nc2ccnn2C(C)C)ccc1[N+](=O)[O-]. The fourth-order valence-electron chi connectivity index (χ4n) is 2.08. The van der Waals surface area contributed by atoms with Crippen LogP contribution in [-0.4, -0.2) is 27.2 Å². The number of aryl methyl sites for hydroxylation is 1. The fraction of sp³-hybridized carbons (Fsp3) is 0.333. The highest BCUT2D eigenvalue weighted by Gasteiger charge is 2.13. The highest BCUT2D eigenvalue weighted by atomic mass is 16.6. The standard InChI is InChI=1S/C15H18N4O4/c1-10(2)18-14(6-7-16-18)17-15(20)9-23-12-4-5-13(19(21)22)11(3)8-12/h4-8,10H,9H2,1-3H3,(H,17,20). The molecule has 0 bridgehead atoms. The van der Waals surface area contributed by atoms with E-state index in [4.69, 9.17) is 4.74 Å². The van der Waals surface area contributed by atoms with E-state index in [1.54, 1.807) is 23.9 Å². The molecule has 0 saturated carbocycles. The molecule has 2 aromatic rings. The summed E-state index contributed by atoms with van der Waals surface area (Å²) in [6.07, 6.45) is 1.61. The summed E-state index contributed by atoms with van der Waals surface area (Å²) in [5, 5.41) is 17.6. The summed E-state index contributed by atoms with van der Waals surface area (Å²) in [5.74, 6) is 0.664. The maximum atomic E-state index is 11.9. The number of carbonyl (C=O) groups excluding carboxylic acids is 1. The first-order chi connectivity index (χ1) is 10.9. The van der Waals surface area contributed by atoms with Crippen LogP contribution in [0.25, 0.3) is 0 Å². The summed E-state index contributed by atoms with van der Waals surface area (Å²) in [4.78, 5) is 22.2. The van der Waals surface area contributed by atoms with Gasteiger partial charge in [-0.2, -0.15) is 5.10 Å². The van der Waals surface area contributed by atoms with Crippen molar-refractivity contribution in [3.63, 3.8) is 0 Å². The number of nitrogens with zero attached hydrogens (tertiary/aromatic N) is 3. The quantitative estimate of drug-likeness (QED) is 0.652. The van der Waals surface area contributed by atoms with Gasteiger partial charge in [0.05, 0.1) is 11.1 Å². The summed E-state index contributed by atoms with van der Waals surface area (Å²) in [5.41, 5.74) is 0.494. The summed E-state index contributed by atoms with van der Waals surface area (Å²) in [6, 6.07) is 6.18. The van der Waals surface area contributed by atoms with Crippen LogP contribution in [0.3, 0.4) is 0 Å². The van der Waals surface area contributed by atoms with Gasteiger partial charge >= 0.3 is 0 Å². The molecule has 0 radical (unpaired) electrons. The minimum Gasteiger partial charge on any atom is -0.484 e. The first kappa shape index (κ1) is 16.5. The van der Waals surface area contributed by atoms with E-state index in [-0.39, 0.29) is 24.2 Å². The van der Waals surface area contributed by atoms with E-state index in [1.807, 2.05) is 13.8 Å². The Hall–Kier alpha value is -2.90. The molecule has 1 N–H and O–H groups in total. The minimum atomic E-state index is -0.459. The monoisotopic (exact) mass is 318 g/mol. The molecule has 122 valence electrons. The highest BCUT2D eigenvalue weighted by Crippen LogP contribution is 2.23. The molecule has 1 amide bonds. The molecule has 1 aromatic carbocycles. The van der Waals surface area contributed by atoms with Crippen LogP contribution in [0.15, 0.2) is 30.5 Å². The van der Waals surface area contributed by atoms with Gasteiger partial charge in [-0.25, -0.2) is 4.68 Å². The summed E-state index contributed by atoms with van der Waals surface area (Å²) < 4.78 is 7.06. The van der Waals surface area contributed by atoms with Gasteiger partial charge in [0.1, 0.15) is 11.6 Å². The van der Waals surface area contributed by atoms with Crippen molar-refractivity contribution in [2.75, 3.05) is 11.9 Å². The van der Waals surface area contributed by atoms with Gasteiger partial charge in [-0.3, -0.25) is 14.9 Å². The molecule has 0 aliphatic rings. The van der Waals surface area contributed by atoms with Gasteiger partial charge in [0.25, 0.3) is 11.6 Å². The number of ether oxygens (including phenoxy) is 1. The van der Waals surface area contributed by atoms with Crippen molar-refractivity contribution in [1.82, 2.24) is 9.78 Å². The van der Waals surface area contributed by atoms with E-state index >= 15 is 0 Å². The van der Waals surface area contributed by atoms with Crippen LogP contribution in [0.2, 0.25) is 0 Å². The zero-order valence-corrected chi connectivity index (χ0v) is 13.1. The first-order valence-corrected chi connectivity index (χ1v) is 7.09. The van der Waals surface area contributed by atoms with Gasteiger partial charge < -0.3 is 10.1 Å². The number of benzene rings is 1. The molecule has 0 unspecified atom stereocenters. The Morgan fingerprint density at radius 2 is 2.17 bits per heavy atom. The molecule has 1 aromatic heterocycles. The number of anilines is 1. The molecular weight excluding hydrogens is 300 g/mol. The van der Waals surface area contributed by atoms with Crippen molar-refractivity contribution >= 4 is 17.4 Å². The van der Waals surface area contributed by atoms with E-state index in [0.29, 0.717) is 17.1 Å². The molecule has 0 fully saturated rings. The lowest BCUT2D eigenvalue weighted by molar-refractivity contribution is -0.385. The fourth-order valence-corrected chi connectivity index (χ4v) is 2.08. The second-order valence-corrected chi connectivity index (χ2v) is 5.30. The topological polar surface area (TPSA) is 99.3 Å². The van der Waals surface area contributed by atoms with Gasteiger partial charge in [0, 0.05) is 23.7 Å². The Morgan fingerprint density at radius 3 is 2.78 bits per heavy atom. The molecule has 23 heavy (non-hydrogen) atoms. The minimum absolute atomic E-state index is 0.0163. The Labute approximate surface area is 133 Å². The molecule has 0 saturated heterocycles. The zero-order chi connectivity index (χ0) is 17.0. The molecule has 0 aliphatic carbocycles. The van der Waals surface area contributed by atoms with Crippen molar-refractivity contribution in [2.45, 2.75) is 26.8 Å². The lowest BCUT2D eigenvalue weighted by Crippen LogP contribution is -2.22. The van der Waals surface area contributed by atoms with Crippen LogP contribution in [0, 0.1) is 17.0 Å². The number of hydrogen-bond donors (Lipinski definition) is 1. The molecule has 0 aliphatic heterocycles. The van der Waals surface area contributed by atoms with Crippen molar-refractivity contribution in [2.24, 2.45) is 0 Å². The average molecular weight is 318 g/mol. The number of nitro groups is 1. The van der Waals surface area contributed by atoms with E-state index in [1.165, 1.54) is 18.2 Å². The molecule has 1 heterocycles. The van der Waals surface area contributed by atoms with Crippen molar-refractivity contribution in [1.29, 1.82) is 0 Å². The third-order valence-electron chi connectivity index (χ3n) is 3.16. The molecule has 8 nitrogen and oxygen atoms in total. The van der Waals surface area contributed by atoms with Crippen LogP contribution in [0.5, 0.6) is 5.75 Å². The van der Waals surface area contributed by atoms with Crippen LogP contribution in [0.1, 0.15) is 25.5 Å². The number of hydrogen-bond acceptors (Lipinski definition) is 5. The van der Waals surface area contributed by atoms with Crippen molar-refractivity contribution in [3.05, 3.63) is 46.1 Å². The van der Waals surface area contributed by atoms with Gasteiger partial charge in [0.15, 0.2) is 6.61 Å². The maximum Gasteiger partial charge on any atom is 0.272 e. The number of rotatable bonds is 6. The van der Waals surface area contributed by atoms with Crippen LogP contribution < -0.4 is 10.1 Å². The van der Waals surface area contributed by atoms with Gasteiger partial charge in [-0.05, 0) is 32.9 Å². The summed E-state index contributed by atoms with van der Waals surface area (Å²) in [6.45, 7) is 5.34. The van der Waals surface area contributed by atoms with Gasteiger partial charge in [0.2, 0.25) is 0 Å². The van der Waals surface area contributed by atoms with Crippen LogP contribution in [0.4, 0.5) is 11.5 Å². The lowest BCUT2D eigenvalue weighted by atomic mass is 10.2. The largest absolute Gasteiger partial charge is 0.484 e. The predicted octanol–water partition coefficient (Wildman–Crippen LogP) is 2.70. The Bertz CT molecular complexity index is 724. The Kier molecular flexibility index (Phi) is 4.95. The molecular formula is C15H18N4O4. The average Bonchev–Trinajstić information content (AvgIpc) is 2.93. The maximum absolute atomic E-state index is 11.9. The smallest absolute Gasteiger partial charge is 0.272 e. The number of amides is 1. The third kappa shape index (κ3) is 4.06. The van der Waals surface area contributed by atoms with E-state index < -0.39 is 4.92 Å². The molecule has 8 heteroatoms. The number of nitrogens with one attached hydrogen (secondary N) is 1. The Morgan fingerprint density at radius 1 is 1.43 bits per heavy atom. The number of aromatic nitrogens is 2. The van der Waals surface area contributed by atoms with Gasteiger partial charge in [-0.1, -0.05) is 0 Å². The second kappa shape index (κ2) is 6.91. The number of nitro benzene ring substituents is 1.